The predicted molar refractivity (Wildman–Crippen MR) is 93.3 cm³/mol. The van der Waals surface area contributed by atoms with Crippen LogP contribution in [0.4, 0.5) is 0 Å². The van der Waals surface area contributed by atoms with E-state index in [9.17, 15) is 13.2 Å². The molecule has 1 heterocycles. The lowest BCUT2D eigenvalue weighted by molar-refractivity contribution is -0.129. The number of likely N-dealkylation sites (tertiary alicyclic amines) is 1. The molecule has 0 radical (unpaired) electrons. The van der Waals surface area contributed by atoms with Crippen molar-refractivity contribution in [1.29, 1.82) is 0 Å². The minimum atomic E-state index is -3.15. The first-order chi connectivity index (χ1) is 10.6. The third-order valence-corrected chi connectivity index (χ3v) is 6.61. The van der Waals surface area contributed by atoms with Gasteiger partial charge in [0.2, 0.25) is 5.91 Å². The Morgan fingerprint density at radius 3 is 2.52 bits per heavy atom. The van der Waals surface area contributed by atoms with E-state index in [2.05, 4.69) is 15.6 Å². The van der Waals surface area contributed by atoms with Crippen molar-refractivity contribution >= 4 is 21.7 Å². The van der Waals surface area contributed by atoms with Gasteiger partial charge in [-0.15, -0.1) is 0 Å². The fourth-order valence-corrected chi connectivity index (χ4v) is 3.31. The summed E-state index contributed by atoms with van der Waals surface area (Å²) in [5.74, 6) is 0.793. The van der Waals surface area contributed by atoms with E-state index >= 15 is 0 Å². The molecule has 23 heavy (non-hydrogen) atoms. The summed E-state index contributed by atoms with van der Waals surface area (Å²) in [4.78, 5) is 17.6. The number of rotatable bonds is 5. The van der Waals surface area contributed by atoms with Gasteiger partial charge in [0, 0.05) is 39.1 Å². The number of aliphatic imine (C=N–C) groups is 1. The molecule has 0 bridgehead atoms. The lowest BCUT2D eigenvalue weighted by Crippen LogP contribution is -2.46. The van der Waals surface area contributed by atoms with Crippen LogP contribution in [0.15, 0.2) is 4.99 Å². The number of hydrogen-bond donors (Lipinski definition) is 2. The van der Waals surface area contributed by atoms with E-state index in [1.807, 2.05) is 11.8 Å². The van der Waals surface area contributed by atoms with Crippen LogP contribution in [0.5, 0.6) is 0 Å². The predicted octanol–water partition coefficient (Wildman–Crippen LogP) is 0.376. The summed E-state index contributed by atoms with van der Waals surface area (Å²) in [6.45, 7) is 8.68. The van der Waals surface area contributed by atoms with Gasteiger partial charge < -0.3 is 15.5 Å². The van der Waals surface area contributed by atoms with Crippen LogP contribution >= 0.6 is 0 Å². The van der Waals surface area contributed by atoms with E-state index in [1.54, 1.807) is 27.8 Å². The van der Waals surface area contributed by atoms with Crippen LogP contribution in [0.2, 0.25) is 0 Å². The molecule has 2 N–H and O–H groups in total. The number of nitrogens with zero attached hydrogens (tertiary/aromatic N) is 2. The Labute approximate surface area is 139 Å². The van der Waals surface area contributed by atoms with Gasteiger partial charge in [-0.25, -0.2) is 8.42 Å². The Morgan fingerprint density at radius 2 is 2.00 bits per heavy atom. The maximum absolute atomic E-state index is 12.1. The van der Waals surface area contributed by atoms with Crippen molar-refractivity contribution in [2.45, 2.75) is 51.3 Å². The monoisotopic (exact) mass is 346 g/mol. The summed E-state index contributed by atoms with van der Waals surface area (Å²) in [6.07, 6.45) is 1.39. The standard InChI is InChI=1S/C15H30N4O3S/c1-6-13(20)19-9-7-12(11-19)18-14(16-5)17-8-10-23(21,22)15(2,3)4/h12H,6-11H2,1-5H3,(H2,16,17,18). The van der Waals surface area contributed by atoms with Gasteiger partial charge in [-0.1, -0.05) is 6.92 Å². The Hall–Kier alpha value is -1.31. The number of amides is 1. The number of carbonyl (C=O) groups excluding carboxylic acids is 1. The number of hydrogen-bond acceptors (Lipinski definition) is 4. The molecule has 1 unspecified atom stereocenters. The molecule has 1 saturated heterocycles. The minimum absolute atomic E-state index is 0.0578. The van der Waals surface area contributed by atoms with Gasteiger partial charge >= 0.3 is 0 Å². The molecule has 0 aromatic heterocycles. The van der Waals surface area contributed by atoms with Crippen molar-refractivity contribution in [3.63, 3.8) is 0 Å². The fraction of sp³-hybridized carbons (Fsp3) is 0.867. The molecular weight excluding hydrogens is 316 g/mol. The lowest BCUT2D eigenvalue weighted by atomic mass is 10.3. The number of carbonyl (C=O) groups is 1. The fourth-order valence-electron chi connectivity index (χ4n) is 2.33. The summed E-state index contributed by atoms with van der Waals surface area (Å²) < 4.78 is 23.4. The SMILES string of the molecule is CCC(=O)N1CCC(NC(=NC)NCCS(=O)(=O)C(C)(C)C)C1. The molecular formula is C15H30N4O3S. The minimum Gasteiger partial charge on any atom is -0.355 e. The highest BCUT2D eigenvalue weighted by Gasteiger charge is 2.29. The van der Waals surface area contributed by atoms with Crippen LogP contribution < -0.4 is 10.6 Å². The summed E-state index contributed by atoms with van der Waals surface area (Å²) in [6, 6.07) is 0.149. The van der Waals surface area contributed by atoms with Crippen molar-refractivity contribution in [3.05, 3.63) is 0 Å². The van der Waals surface area contributed by atoms with Gasteiger partial charge in [0.05, 0.1) is 10.5 Å². The molecule has 0 spiro atoms. The Kier molecular flexibility index (Phi) is 6.85. The van der Waals surface area contributed by atoms with Gasteiger partial charge in [0.1, 0.15) is 0 Å². The van der Waals surface area contributed by atoms with Gasteiger partial charge in [-0.2, -0.15) is 0 Å². The van der Waals surface area contributed by atoms with Crippen molar-refractivity contribution in [3.8, 4) is 0 Å². The molecule has 134 valence electrons. The first-order valence-electron chi connectivity index (χ1n) is 8.08. The third-order valence-electron chi connectivity index (χ3n) is 4.00. The molecule has 8 heteroatoms. The molecule has 1 aliphatic rings. The van der Waals surface area contributed by atoms with Crippen molar-refractivity contribution in [1.82, 2.24) is 15.5 Å². The zero-order chi connectivity index (χ0) is 17.7. The van der Waals surface area contributed by atoms with E-state index in [1.165, 1.54) is 0 Å². The number of guanidine groups is 1. The van der Waals surface area contributed by atoms with Gasteiger partial charge in [0.25, 0.3) is 0 Å². The molecule has 1 rings (SSSR count). The van der Waals surface area contributed by atoms with Gasteiger partial charge in [-0.05, 0) is 27.2 Å². The summed E-state index contributed by atoms with van der Waals surface area (Å²) >= 11 is 0. The molecule has 1 fully saturated rings. The van der Waals surface area contributed by atoms with E-state index in [0.717, 1.165) is 13.0 Å². The zero-order valence-electron chi connectivity index (χ0n) is 14.8. The summed E-state index contributed by atoms with van der Waals surface area (Å²) in [5, 5.41) is 6.29. The average Bonchev–Trinajstić information content (AvgIpc) is 2.92. The first kappa shape index (κ1) is 19.7. The second-order valence-corrected chi connectivity index (χ2v) is 9.62. The smallest absolute Gasteiger partial charge is 0.222 e. The normalized spacial score (nSPS) is 19.8. The molecule has 0 aliphatic carbocycles. The van der Waals surface area contributed by atoms with Gasteiger partial charge in [0.15, 0.2) is 15.8 Å². The van der Waals surface area contributed by atoms with Crippen molar-refractivity contribution in [2.24, 2.45) is 4.99 Å². The van der Waals surface area contributed by atoms with Crippen molar-refractivity contribution < 1.29 is 13.2 Å². The molecule has 1 atom stereocenters. The van der Waals surface area contributed by atoms with Crippen LogP contribution in [0.3, 0.4) is 0 Å². The molecule has 1 amide bonds. The van der Waals surface area contributed by atoms with Crippen LogP contribution in [-0.2, 0) is 14.6 Å². The Morgan fingerprint density at radius 1 is 1.35 bits per heavy atom. The molecule has 0 aromatic rings. The maximum atomic E-state index is 12.1. The number of nitrogens with one attached hydrogen (secondary N) is 2. The molecule has 0 saturated carbocycles. The van der Waals surface area contributed by atoms with Crippen LogP contribution in [-0.4, -0.2) is 68.4 Å². The second kappa shape index (κ2) is 7.99. The Balaban J connectivity index is 2.44. The maximum Gasteiger partial charge on any atom is 0.222 e. The van der Waals surface area contributed by atoms with E-state index in [0.29, 0.717) is 25.5 Å². The Bertz CT molecular complexity index is 537. The highest BCUT2D eigenvalue weighted by Crippen LogP contribution is 2.15. The summed E-state index contributed by atoms with van der Waals surface area (Å²) in [7, 11) is -1.50. The second-order valence-electron chi connectivity index (χ2n) is 6.75. The topological polar surface area (TPSA) is 90.9 Å². The third kappa shape index (κ3) is 5.67. The van der Waals surface area contributed by atoms with Crippen molar-refractivity contribution in [2.75, 3.05) is 32.4 Å². The average molecular weight is 346 g/mol. The van der Waals surface area contributed by atoms with E-state index < -0.39 is 14.6 Å². The molecule has 0 aromatic carbocycles. The van der Waals surface area contributed by atoms with E-state index in [4.69, 9.17) is 0 Å². The van der Waals surface area contributed by atoms with Crippen LogP contribution in [0.25, 0.3) is 0 Å². The largest absolute Gasteiger partial charge is 0.355 e. The van der Waals surface area contributed by atoms with Crippen LogP contribution in [0.1, 0.15) is 40.5 Å². The zero-order valence-corrected chi connectivity index (χ0v) is 15.7. The van der Waals surface area contributed by atoms with Crippen LogP contribution in [0, 0.1) is 0 Å². The lowest BCUT2D eigenvalue weighted by Gasteiger charge is -2.21. The van der Waals surface area contributed by atoms with Gasteiger partial charge in [-0.3, -0.25) is 9.79 Å². The summed E-state index contributed by atoms with van der Waals surface area (Å²) in [5.41, 5.74) is 0. The first-order valence-corrected chi connectivity index (χ1v) is 9.73. The highest BCUT2D eigenvalue weighted by atomic mass is 32.2. The quantitative estimate of drug-likeness (QED) is 0.555. The molecule has 1 aliphatic heterocycles. The highest BCUT2D eigenvalue weighted by molar-refractivity contribution is 7.92. The number of sulfone groups is 1. The van der Waals surface area contributed by atoms with E-state index in [-0.39, 0.29) is 17.7 Å². The molecule has 7 nitrogen and oxygen atoms in total.